The summed E-state index contributed by atoms with van der Waals surface area (Å²) in [6, 6.07) is 8.15. The van der Waals surface area contributed by atoms with E-state index in [1.807, 2.05) is 7.05 Å². The standard InChI is InChI=1S/C23H24F4N2S/c1-29-13-22(5-6-22)21(28-30-23(27)7-8-23)19(29)11-14-3-2-4-18(20(14)26)15-9-16(24)12-17(25)10-15/h2-4,9-10,12,19,21,28H,5-8,11,13H2,1H3. The molecule has 3 aliphatic rings. The molecule has 2 atom stereocenters. The number of rotatable bonds is 6. The summed E-state index contributed by atoms with van der Waals surface area (Å²) in [6.45, 7) is 0.908. The van der Waals surface area contributed by atoms with E-state index in [2.05, 4.69) is 9.62 Å². The van der Waals surface area contributed by atoms with Gasteiger partial charge in [-0.3, -0.25) is 4.72 Å². The van der Waals surface area contributed by atoms with Crippen molar-refractivity contribution < 1.29 is 17.6 Å². The fourth-order valence-electron chi connectivity index (χ4n) is 4.75. The van der Waals surface area contributed by atoms with Crippen LogP contribution in [-0.2, 0) is 6.42 Å². The first kappa shape index (κ1) is 20.3. The first-order chi connectivity index (χ1) is 14.3. The molecule has 2 nitrogen and oxygen atoms in total. The Balaban J connectivity index is 1.41. The molecule has 0 bridgehead atoms. The van der Waals surface area contributed by atoms with Gasteiger partial charge in [-0.15, -0.1) is 0 Å². The number of nitrogens with one attached hydrogen (secondary N) is 1. The third kappa shape index (κ3) is 3.76. The third-order valence-electron chi connectivity index (χ3n) is 6.76. The quantitative estimate of drug-likeness (QED) is 0.477. The molecule has 3 fully saturated rings. The molecule has 0 aromatic heterocycles. The maximum atomic E-state index is 15.4. The van der Waals surface area contributed by atoms with Crippen LogP contribution in [0.15, 0.2) is 36.4 Å². The van der Waals surface area contributed by atoms with Crippen molar-refractivity contribution in [3.05, 3.63) is 59.4 Å². The van der Waals surface area contributed by atoms with Gasteiger partial charge >= 0.3 is 0 Å². The lowest BCUT2D eigenvalue weighted by atomic mass is 9.91. The minimum Gasteiger partial charge on any atom is -0.301 e. The Morgan fingerprint density at radius 3 is 2.40 bits per heavy atom. The molecule has 30 heavy (non-hydrogen) atoms. The van der Waals surface area contributed by atoms with Crippen LogP contribution in [0.3, 0.4) is 0 Å². The fraction of sp³-hybridized carbons (Fsp3) is 0.478. The molecule has 2 saturated carbocycles. The maximum absolute atomic E-state index is 15.4. The highest BCUT2D eigenvalue weighted by Gasteiger charge is 2.59. The van der Waals surface area contributed by atoms with E-state index in [0.29, 0.717) is 24.8 Å². The Hall–Kier alpha value is -1.57. The lowest BCUT2D eigenvalue weighted by molar-refractivity contribution is 0.289. The number of halogens is 4. The zero-order valence-electron chi connectivity index (χ0n) is 16.7. The summed E-state index contributed by atoms with van der Waals surface area (Å²) in [6.07, 6.45) is 3.79. The van der Waals surface area contributed by atoms with Gasteiger partial charge in [0.05, 0.1) is 0 Å². The molecule has 7 heteroatoms. The molecular weight excluding hydrogens is 412 g/mol. The van der Waals surface area contributed by atoms with Gasteiger partial charge in [-0.1, -0.05) is 18.2 Å². The Morgan fingerprint density at radius 1 is 1.07 bits per heavy atom. The second-order valence-corrected chi connectivity index (χ2v) is 10.2. The van der Waals surface area contributed by atoms with E-state index < -0.39 is 22.5 Å². The first-order valence-corrected chi connectivity index (χ1v) is 11.2. The fourth-order valence-corrected chi connectivity index (χ4v) is 5.80. The van der Waals surface area contributed by atoms with Gasteiger partial charge < -0.3 is 4.90 Å². The monoisotopic (exact) mass is 436 g/mol. The highest BCUT2D eigenvalue weighted by molar-refractivity contribution is 7.98. The van der Waals surface area contributed by atoms with Crippen molar-refractivity contribution in [3.63, 3.8) is 0 Å². The average Bonchev–Trinajstić information content (AvgIpc) is 3.59. The molecule has 160 valence electrons. The molecule has 0 radical (unpaired) electrons. The van der Waals surface area contributed by atoms with Gasteiger partial charge in [-0.2, -0.15) is 0 Å². The number of hydrogen-bond donors (Lipinski definition) is 1. The molecule has 1 saturated heterocycles. The van der Waals surface area contributed by atoms with Gasteiger partial charge in [0, 0.05) is 35.7 Å². The number of hydrogen-bond acceptors (Lipinski definition) is 3. The van der Waals surface area contributed by atoms with E-state index in [4.69, 9.17) is 0 Å². The second-order valence-electron chi connectivity index (χ2n) is 9.07. The number of benzene rings is 2. The highest BCUT2D eigenvalue weighted by atomic mass is 32.2. The van der Waals surface area contributed by atoms with Gasteiger partial charge in [0.15, 0.2) is 5.00 Å². The summed E-state index contributed by atoms with van der Waals surface area (Å²) in [7, 11) is 2.03. The molecule has 1 spiro atoms. The summed E-state index contributed by atoms with van der Waals surface area (Å²) >= 11 is 1.19. The van der Waals surface area contributed by atoms with Crippen molar-refractivity contribution in [2.75, 3.05) is 13.6 Å². The molecule has 1 aliphatic heterocycles. The summed E-state index contributed by atoms with van der Waals surface area (Å²) < 4.78 is 60.3. The molecule has 2 aliphatic carbocycles. The topological polar surface area (TPSA) is 15.3 Å². The van der Waals surface area contributed by atoms with Crippen molar-refractivity contribution in [2.24, 2.45) is 5.41 Å². The van der Waals surface area contributed by atoms with E-state index in [1.54, 1.807) is 18.2 Å². The molecule has 2 unspecified atom stereocenters. The predicted molar refractivity (Wildman–Crippen MR) is 111 cm³/mol. The molecule has 1 heterocycles. The molecule has 5 rings (SSSR count). The zero-order valence-corrected chi connectivity index (χ0v) is 17.5. The van der Waals surface area contributed by atoms with Crippen LogP contribution in [0.5, 0.6) is 0 Å². The van der Waals surface area contributed by atoms with Gasteiger partial charge in [-0.05, 0) is 74.4 Å². The van der Waals surface area contributed by atoms with Gasteiger partial charge in [0.1, 0.15) is 17.5 Å². The van der Waals surface area contributed by atoms with E-state index in [0.717, 1.165) is 37.6 Å². The lowest BCUT2D eigenvalue weighted by Gasteiger charge is -2.28. The van der Waals surface area contributed by atoms with Gasteiger partial charge in [-0.25, -0.2) is 17.6 Å². The largest absolute Gasteiger partial charge is 0.301 e. The van der Waals surface area contributed by atoms with Crippen LogP contribution in [0, 0.1) is 22.9 Å². The van der Waals surface area contributed by atoms with Crippen LogP contribution >= 0.6 is 11.9 Å². The van der Waals surface area contributed by atoms with Crippen LogP contribution in [-0.4, -0.2) is 35.6 Å². The van der Waals surface area contributed by atoms with Gasteiger partial charge in [0.2, 0.25) is 0 Å². The smallest absolute Gasteiger partial charge is 0.170 e. The summed E-state index contributed by atoms with van der Waals surface area (Å²) in [5.74, 6) is -1.92. The Morgan fingerprint density at radius 2 is 1.77 bits per heavy atom. The first-order valence-electron chi connectivity index (χ1n) is 10.4. The van der Waals surface area contributed by atoms with Crippen molar-refractivity contribution in [2.45, 2.75) is 49.2 Å². The van der Waals surface area contributed by atoms with Crippen molar-refractivity contribution in [3.8, 4) is 11.1 Å². The number of likely N-dealkylation sites (tertiary alicyclic amines) is 1. The summed E-state index contributed by atoms with van der Waals surface area (Å²) in [4.78, 5) is 2.23. The molecule has 0 amide bonds. The summed E-state index contributed by atoms with van der Waals surface area (Å²) in [5.41, 5.74) is 1.01. The Kier molecular flexibility index (Phi) is 4.91. The van der Waals surface area contributed by atoms with Crippen LogP contribution in [0.1, 0.15) is 31.2 Å². The van der Waals surface area contributed by atoms with Crippen LogP contribution in [0.2, 0.25) is 0 Å². The van der Waals surface area contributed by atoms with Crippen LogP contribution in [0.4, 0.5) is 17.6 Å². The van der Waals surface area contributed by atoms with Crippen molar-refractivity contribution in [1.82, 2.24) is 9.62 Å². The van der Waals surface area contributed by atoms with Crippen molar-refractivity contribution in [1.29, 1.82) is 0 Å². The van der Waals surface area contributed by atoms with Crippen LogP contribution < -0.4 is 4.72 Å². The number of likely N-dealkylation sites (N-methyl/N-ethyl adjacent to an activating group) is 1. The zero-order chi connectivity index (χ0) is 21.1. The van der Waals surface area contributed by atoms with Crippen LogP contribution in [0.25, 0.3) is 11.1 Å². The van der Waals surface area contributed by atoms with Gasteiger partial charge in [0.25, 0.3) is 0 Å². The Bertz CT molecular complexity index is 953. The molecular formula is C23H24F4N2S. The molecule has 2 aromatic carbocycles. The minimum absolute atomic E-state index is 0.0244. The minimum atomic E-state index is -1.16. The SMILES string of the molecule is CN1CC2(CC2)C(NSC2(F)CC2)C1Cc1cccc(-c2cc(F)cc(F)c2)c1F. The average molecular weight is 437 g/mol. The number of nitrogens with zero attached hydrogens (tertiary/aromatic N) is 1. The van der Waals surface area contributed by atoms with E-state index in [1.165, 1.54) is 11.9 Å². The van der Waals surface area contributed by atoms with E-state index in [9.17, 15) is 13.2 Å². The third-order valence-corrected chi connectivity index (χ3v) is 7.91. The summed E-state index contributed by atoms with van der Waals surface area (Å²) in [5, 5.41) is -1.16. The van der Waals surface area contributed by atoms with E-state index >= 15 is 4.39 Å². The Labute approximate surface area is 178 Å². The highest BCUT2D eigenvalue weighted by Crippen LogP contribution is 2.57. The maximum Gasteiger partial charge on any atom is 0.170 e. The number of alkyl halides is 1. The molecule has 1 N–H and O–H groups in total. The predicted octanol–water partition coefficient (Wildman–Crippen LogP) is 5.47. The normalized spacial score (nSPS) is 26.3. The second kappa shape index (κ2) is 7.24. The lowest BCUT2D eigenvalue weighted by Crippen LogP contribution is -2.43. The van der Waals surface area contributed by atoms with Crippen molar-refractivity contribution >= 4 is 11.9 Å². The van der Waals surface area contributed by atoms with E-state index in [-0.39, 0.29) is 28.6 Å². The molecule has 2 aromatic rings.